The number of carbonyl (C=O) groups is 1. The lowest BCUT2D eigenvalue weighted by molar-refractivity contribution is 0.0995. The molecule has 2 aromatic rings. The minimum absolute atomic E-state index is 0.0503. The number of nitrogens with one attached hydrogen (secondary N) is 1. The number of aryl methyl sites for hydroxylation is 1. The Bertz CT molecular complexity index is 561. The largest absolute Gasteiger partial charge is 0.508 e. The lowest BCUT2D eigenvalue weighted by Crippen LogP contribution is -2.12. The highest BCUT2D eigenvalue weighted by atomic mass is 16.3. The summed E-state index contributed by atoms with van der Waals surface area (Å²) in [4.78, 5) is 11.7. The van der Waals surface area contributed by atoms with Gasteiger partial charge in [0, 0.05) is 6.07 Å². The second kappa shape index (κ2) is 4.21. The highest BCUT2D eigenvalue weighted by molar-refractivity contribution is 6.04. The number of phenolic OH excluding ortho intramolecular Hbond substituents is 1. The summed E-state index contributed by atoms with van der Waals surface area (Å²) < 4.78 is 5.18. The first-order valence-electron chi connectivity index (χ1n) is 5.02. The van der Waals surface area contributed by atoms with Gasteiger partial charge in [-0.05, 0) is 31.2 Å². The third-order valence-corrected chi connectivity index (χ3v) is 2.25. The van der Waals surface area contributed by atoms with Gasteiger partial charge >= 0.3 is 0 Å². The van der Waals surface area contributed by atoms with Crippen LogP contribution in [0.5, 0.6) is 5.75 Å². The van der Waals surface area contributed by atoms with Gasteiger partial charge in [-0.1, -0.05) is 0 Å². The van der Waals surface area contributed by atoms with E-state index in [0.717, 1.165) is 0 Å². The Kier molecular flexibility index (Phi) is 2.74. The molecule has 0 spiro atoms. The molecule has 0 radical (unpaired) electrons. The zero-order valence-corrected chi connectivity index (χ0v) is 9.23. The fraction of sp³-hybridized carbons (Fsp3) is 0.0833. The summed E-state index contributed by atoms with van der Waals surface area (Å²) in [5.74, 6) is 0.550. The molecule has 0 aliphatic heterocycles. The topological polar surface area (TPSA) is 88.5 Å². The third-order valence-electron chi connectivity index (χ3n) is 2.25. The van der Waals surface area contributed by atoms with E-state index in [1.54, 1.807) is 19.1 Å². The number of carbonyl (C=O) groups excluding carboxylic acids is 1. The van der Waals surface area contributed by atoms with Crippen LogP contribution in [0.25, 0.3) is 0 Å². The molecule has 5 heteroatoms. The average Bonchev–Trinajstić information content (AvgIpc) is 2.69. The van der Waals surface area contributed by atoms with Gasteiger partial charge in [0.25, 0.3) is 5.91 Å². The summed E-state index contributed by atoms with van der Waals surface area (Å²) in [6, 6.07) is 7.62. The summed E-state index contributed by atoms with van der Waals surface area (Å²) in [7, 11) is 0. The van der Waals surface area contributed by atoms with E-state index in [2.05, 4.69) is 5.32 Å². The van der Waals surface area contributed by atoms with Crippen molar-refractivity contribution in [2.75, 3.05) is 11.1 Å². The molecule has 5 nitrogen and oxygen atoms in total. The van der Waals surface area contributed by atoms with Gasteiger partial charge in [-0.15, -0.1) is 0 Å². The number of anilines is 2. The molecule has 0 fully saturated rings. The van der Waals surface area contributed by atoms with E-state index in [9.17, 15) is 9.90 Å². The first-order valence-corrected chi connectivity index (χ1v) is 5.02. The summed E-state index contributed by atoms with van der Waals surface area (Å²) in [5, 5.41) is 11.8. The van der Waals surface area contributed by atoms with Crippen molar-refractivity contribution >= 4 is 17.3 Å². The van der Waals surface area contributed by atoms with Crippen LogP contribution in [0, 0.1) is 6.92 Å². The van der Waals surface area contributed by atoms with Crippen LogP contribution in [0.15, 0.2) is 34.7 Å². The van der Waals surface area contributed by atoms with Crippen LogP contribution in [-0.4, -0.2) is 11.0 Å². The molecule has 0 saturated heterocycles. The van der Waals surface area contributed by atoms with Crippen molar-refractivity contribution in [3.63, 3.8) is 0 Å². The number of nitrogens with two attached hydrogens (primary N) is 1. The summed E-state index contributed by atoms with van der Waals surface area (Å²) in [6.07, 6.45) is 0. The molecule has 0 unspecified atom stereocenters. The maximum atomic E-state index is 11.7. The van der Waals surface area contributed by atoms with Gasteiger partial charge in [0.1, 0.15) is 11.5 Å². The Hall–Kier alpha value is -2.43. The predicted molar refractivity (Wildman–Crippen MR) is 63.9 cm³/mol. The SMILES string of the molecule is Cc1ccc(C(=O)Nc2ccc(O)cc2N)o1. The number of rotatable bonds is 2. The Morgan fingerprint density at radius 1 is 1.35 bits per heavy atom. The highest BCUT2D eigenvalue weighted by Gasteiger charge is 2.11. The van der Waals surface area contributed by atoms with Gasteiger partial charge < -0.3 is 20.6 Å². The zero-order chi connectivity index (χ0) is 12.4. The Morgan fingerprint density at radius 2 is 2.12 bits per heavy atom. The molecule has 1 aromatic carbocycles. The van der Waals surface area contributed by atoms with E-state index in [-0.39, 0.29) is 17.4 Å². The van der Waals surface area contributed by atoms with Crippen LogP contribution in [0.2, 0.25) is 0 Å². The number of hydrogen-bond acceptors (Lipinski definition) is 4. The second-order valence-corrected chi connectivity index (χ2v) is 3.64. The van der Waals surface area contributed by atoms with Crippen LogP contribution >= 0.6 is 0 Å². The minimum Gasteiger partial charge on any atom is -0.508 e. The monoisotopic (exact) mass is 232 g/mol. The van der Waals surface area contributed by atoms with Gasteiger partial charge in [-0.25, -0.2) is 0 Å². The average molecular weight is 232 g/mol. The van der Waals surface area contributed by atoms with Gasteiger partial charge in [0.05, 0.1) is 11.4 Å². The van der Waals surface area contributed by atoms with Crippen LogP contribution in [0.1, 0.15) is 16.3 Å². The number of furan rings is 1. The third kappa shape index (κ3) is 2.39. The molecule has 2 rings (SSSR count). The number of aromatic hydroxyl groups is 1. The van der Waals surface area contributed by atoms with Crippen molar-refractivity contribution in [1.82, 2.24) is 0 Å². The normalized spacial score (nSPS) is 10.2. The predicted octanol–water partition coefficient (Wildman–Crippen LogP) is 2.13. The molecular weight excluding hydrogens is 220 g/mol. The molecule has 88 valence electrons. The van der Waals surface area contributed by atoms with Crippen LogP contribution in [0.3, 0.4) is 0 Å². The van der Waals surface area contributed by atoms with Crippen molar-refractivity contribution < 1.29 is 14.3 Å². The fourth-order valence-corrected chi connectivity index (χ4v) is 1.40. The first kappa shape index (κ1) is 11.1. The van der Waals surface area contributed by atoms with Gasteiger partial charge in [-0.2, -0.15) is 0 Å². The maximum Gasteiger partial charge on any atom is 0.291 e. The zero-order valence-electron chi connectivity index (χ0n) is 9.23. The van der Waals surface area contributed by atoms with Crippen LogP contribution in [0.4, 0.5) is 11.4 Å². The molecule has 0 aliphatic carbocycles. The van der Waals surface area contributed by atoms with E-state index in [1.165, 1.54) is 18.2 Å². The number of nitrogen functional groups attached to an aromatic ring is 1. The summed E-state index contributed by atoms with van der Waals surface area (Å²) >= 11 is 0. The molecule has 0 aliphatic rings. The number of benzene rings is 1. The van der Waals surface area contributed by atoms with Crippen molar-refractivity contribution in [1.29, 1.82) is 0 Å². The lowest BCUT2D eigenvalue weighted by atomic mass is 10.2. The first-order chi connectivity index (χ1) is 8.06. The number of phenols is 1. The van der Waals surface area contributed by atoms with Crippen molar-refractivity contribution in [2.45, 2.75) is 6.92 Å². The molecule has 0 saturated carbocycles. The minimum atomic E-state index is -0.379. The van der Waals surface area contributed by atoms with Gasteiger partial charge in [0.15, 0.2) is 5.76 Å². The molecule has 1 heterocycles. The summed E-state index contributed by atoms with van der Waals surface area (Å²) in [5.41, 5.74) is 6.37. The van der Waals surface area contributed by atoms with E-state index < -0.39 is 0 Å². The van der Waals surface area contributed by atoms with Crippen LogP contribution in [-0.2, 0) is 0 Å². The van der Waals surface area contributed by atoms with Crippen molar-refractivity contribution in [2.24, 2.45) is 0 Å². The highest BCUT2D eigenvalue weighted by Crippen LogP contribution is 2.23. The molecule has 17 heavy (non-hydrogen) atoms. The van der Waals surface area contributed by atoms with E-state index >= 15 is 0 Å². The molecule has 4 N–H and O–H groups in total. The smallest absolute Gasteiger partial charge is 0.291 e. The van der Waals surface area contributed by atoms with E-state index in [0.29, 0.717) is 17.1 Å². The molecule has 1 aromatic heterocycles. The van der Waals surface area contributed by atoms with Crippen molar-refractivity contribution in [3.05, 3.63) is 41.9 Å². The van der Waals surface area contributed by atoms with Gasteiger partial charge in [-0.3, -0.25) is 4.79 Å². The standard InChI is InChI=1S/C12H12N2O3/c1-7-2-5-11(17-7)12(16)14-10-4-3-8(15)6-9(10)13/h2-6,15H,13H2,1H3,(H,14,16). The van der Waals surface area contributed by atoms with Crippen molar-refractivity contribution in [3.8, 4) is 5.75 Å². The molecule has 0 atom stereocenters. The Labute approximate surface area is 97.9 Å². The molecule has 0 bridgehead atoms. The Morgan fingerprint density at radius 3 is 2.71 bits per heavy atom. The second-order valence-electron chi connectivity index (χ2n) is 3.64. The lowest BCUT2D eigenvalue weighted by Gasteiger charge is -2.06. The maximum absolute atomic E-state index is 11.7. The molecular formula is C12H12N2O3. The number of hydrogen-bond donors (Lipinski definition) is 3. The van der Waals surface area contributed by atoms with Crippen LogP contribution < -0.4 is 11.1 Å². The fourth-order valence-electron chi connectivity index (χ4n) is 1.40. The quantitative estimate of drug-likeness (QED) is 0.546. The number of amides is 1. The van der Waals surface area contributed by atoms with E-state index in [1.807, 2.05) is 0 Å². The Balaban J connectivity index is 2.18. The van der Waals surface area contributed by atoms with E-state index in [4.69, 9.17) is 10.2 Å². The summed E-state index contributed by atoms with van der Waals surface area (Å²) in [6.45, 7) is 1.76. The molecule has 1 amide bonds. The van der Waals surface area contributed by atoms with Gasteiger partial charge in [0.2, 0.25) is 0 Å².